The summed E-state index contributed by atoms with van der Waals surface area (Å²) in [5.74, 6) is 0.312. The van der Waals surface area contributed by atoms with Crippen LogP contribution in [0.25, 0.3) is 10.2 Å². The van der Waals surface area contributed by atoms with Crippen LogP contribution in [0.4, 0.5) is 5.69 Å². The van der Waals surface area contributed by atoms with Crippen LogP contribution < -0.4 is 10.9 Å². The van der Waals surface area contributed by atoms with Crippen LogP contribution in [0.5, 0.6) is 0 Å². The van der Waals surface area contributed by atoms with Gasteiger partial charge in [-0.3, -0.25) is 14.2 Å². The average molecular weight is 429 g/mol. The van der Waals surface area contributed by atoms with Crippen molar-refractivity contribution in [2.45, 2.75) is 27.3 Å². The maximum Gasteiger partial charge on any atom is 0.266 e. The third kappa shape index (κ3) is 3.86. The molecule has 4 aromatic rings. The van der Waals surface area contributed by atoms with Gasteiger partial charge in [-0.2, -0.15) is 5.26 Å². The zero-order chi connectivity index (χ0) is 22.1. The van der Waals surface area contributed by atoms with Crippen LogP contribution in [0, 0.1) is 32.1 Å². The summed E-state index contributed by atoms with van der Waals surface area (Å²) in [5.41, 5.74) is 3.53. The quantitative estimate of drug-likeness (QED) is 0.516. The molecule has 1 N–H and O–H groups in total. The van der Waals surface area contributed by atoms with Crippen LogP contribution in [0.2, 0.25) is 0 Å². The van der Waals surface area contributed by atoms with E-state index in [1.165, 1.54) is 11.3 Å². The van der Waals surface area contributed by atoms with Gasteiger partial charge in [0, 0.05) is 5.69 Å². The first-order chi connectivity index (χ1) is 14.9. The summed E-state index contributed by atoms with van der Waals surface area (Å²) in [7, 11) is 0. The zero-order valence-corrected chi connectivity index (χ0v) is 18.2. The third-order valence-electron chi connectivity index (χ3n) is 5.24. The van der Waals surface area contributed by atoms with E-state index >= 15 is 0 Å². The predicted octanol–water partition coefficient (Wildman–Crippen LogP) is 4.56. The maximum absolute atomic E-state index is 13.3. The van der Waals surface area contributed by atoms with E-state index in [-0.39, 0.29) is 11.5 Å². The second-order valence-electron chi connectivity index (χ2n) is 7.37. The third-order valence-corrected chi connectivity index (χ3v) is 6.42. The highest BCUT2D eigenvalue weighted by molar-refractivity contribution is 7.20. The molecule has 1 amide bonds. The van der Waals surface area contributed by atoms with Crippen LogP contribution in [0.15, 0.2) is 53.3 Å². The molecule has 0 aliphatic rings. The first kappa shape index (κ1) is 20.5. The minimum Gasteiger partial charge on any atom is -0.321 e. The Bertz CT molecular complexity index is 1430. The van der Waals surface area contributed by atoms with Crippen molar-refractivity contribution in [3.8, 4) is 6.07 Å². The fourth-order valence-electron chi connectivity index (χ4n) is 3.53. The van der Waals surface area contributed by atoms with Gasteiger partial charge in [0.1, 0.15) is 10.7 Å². The second kappa shape index (κ2) is 8.17. The van der Waals surface area contributed by atoms with E-state index in [1.807, 2.05) is 37.3 Å². The van der Waals surface area contributed by atoms with E-state index in [2.05, 4.69) is 16.4 Å². The van der Waals surface area contributed by atoms with Gasteiger partial charge in [0.25, 0.3) is 11.5 Å². The molecule has 0 spiro atoms. The van der Waals surface area contributed by atoms with Gasteiger partial charge < -0.3 is 5.32 Å². The molecule has 0 saturated heterocycles. The van der Waals surface area contributed by atoms with Gasteiger partial charge in [-0.15, -0.1) is 11.3 Å². The summed E-state index contributed by atoms with van der Waals surface area (Å²) in [6.07, 6.45) is 0. The molecule has 0 bridgehead atoms. The maximum atomic E-state index is 13.3. The molecule has 2 aromatic carbocycles. The lowest BCUT2D eigenvalue weighted by atomic mass is 10.1. The number of hydrogen-bond acceptors (Lipinski definition) is 5. The monoisotopic (exact) mass is 428 g/mol. The molecule has 0 radical (unpaired) electrons. The Balaban J connectivity index is 1.75. The average Bonchev–Trinajstić information content (AvgIpc) is 3.09. The van der Waals surface area contributed by atoms with Gasteiger partial charge in [-0.05, 0) is 55.7 Å². The Morgan fingerprint density at radius 1 is 1.16 bits per heavy atom. The first-order valence-electron chi connectivity index (χ1n) is 9.75. The number of hydrogen-bond donors (Lipinski definition) is 1. The van der Waals surface area contributed by atoms with Gasteiger partial charge in [0.2, 0.25) is 0 Å². The molecule has 2 aromatic heterocycles. The number of thiophene rings is 1. The summed E-state index contributed by atoms with van der Waals surface area (Å²) >= 11 is 1.23. The number of rotatable bonds is 4. The Morgan fingerprint density at radius 3 is 2.68 bits per heavy atom. The van der Waals surface area contributed by atoms with Crippen molar-refractivity contribution in [2.75, 3.05) is 5.32 Å². The van der Waals surface area contributed by atoms with Gasteiger partial charge in [-0.25, -0.2) is 4.98 Å². The summed E-state index contributed by atoms with van der Waals surface area (Å²) in [4.78, 5) is 31.9. The Labute approximate surface area is 183 Å². The highest BCUT2D eigenvalue weighted by Gasteiger charge is 2.21. The fraction of sp³-hybridized carbons (Fsp3) is 0.167. The lowest BCUT2D eigenvalue weighted by molar-refractivity contribution is 0.103. The number of fused-ring (bicyclic) bond motifs is 1. The SMILES string of the molecule is Cc1ccccc1NC(=O)c1sc2nc(C)n(Cc3cccc(C#N)c3)c(=O)c2c1C. The molecule has 6 nitrogen and oxygen atoms in total. The number of amides is 1. The summed E-state index contributed by atoms with van der Waals surface area (Å²) in [6.45, 7) is 5.79. The van der Waals surface area contributed by atoms with Crippen molar-refractivity contribution in [3.05, 3.63) is 91.8 Å². The molecule has 0 aliphatic heterocycles. The molecule has 154 valence electrons. The molecular weight excluding hydrogens is 408 g/mol. The number of nitriles is 1. The highest BCUT2D eigenvalue weighted by Crippen LogP contribution is 2.28. The van der Waals surface area contributed by atoms with E-state index in [4.69, 9.17) is 5.26 Å². The van der Waals surface area contributed by atoms with Gasteiger partial charge in [0.05, 0.1) is 28.4 Å². The molecule has 7 heteroatoms. The van der Waals surface area contributed by atoms with Crippen molar-refractivity contribution in [2.24, 2.45) is 0 Å². The second-order valence-corrected chi connectivity index (χ2v) is 8.37. The van der Waals surface area contributed by atoms with E-state index in [0.717, 1.165) is 16.8 Å². The van der Waals surface area contributed by atoms with Crippen molar-refractivity contribution in [1.29, 1.82) is 5.26 Å². The number of anilines is 1. The molecule has 4 rings (SSSR count). The molecule has 0 fully saturated rings. The van der Waals surface area contributed by atoms with Gasteiger partial charge in [0.15, 0.2) is 0 Å². The van der Waals surface area contributed by atoms with Gasteiger partial charge >= 0.3 is 0 Å². The molecular formula is C24H20N4O2S. The molecule has 31 heavy (non-hydrogen) atoms. The molecule has 2 heterocycles. The number of aryl methyl sites for hydroxylation is 3. The lowest BCUT2D eigenvalue weighted by Gasteiger charge is -2.10. The zero-order valence-electron chi connectivity index (χ0n) is 17.4. The molecule has 0 atom stereocenters. The highest BCUT2D eigenvalue weighted by atomic mass is 32.1. The normalized spacial score (nSPS) is 10.8. The summed E-state index contributed by atoms with van der Waals surface area (Å²) in [5, 5.41) is 12.5. The Hall–Kier alpha value is -3.76. The number of nitrogens with one attached hydrogen (secondary N) is 1. The smallest absolute Gasteiger partial charge is 0.266 e. The van der Waals surface area contributed by atoms with Crippen molar-refractivity contribution >= 4 is 33.1 Å². The van der Waals surface area contributed by atoms with Crippen molar-refractivity contribution < 1.29 is 4.79 Å². The van der Waals surface area contributed by atoms with E-state index < -0.39 is 0 Å². The number of aromatic nitrogens is 2. The van der Waals surface area contributed by atoms with E-state index in [1.54, 1.807) is 36.6 Å². The van der Waals surface area contributed by atoms with Crippen LogP contribution in [0.1, 0.15) is 37.7 Å². The molecule has 0 aliphatic carbocycles. The minimum atomic E-state index is -0.250. The summed E-state index contributed by atoms with van der Waals surface area (Å²) in [6, 6.07) is 16.8. The Morgan fingerprint density at radius 2 is 1.94 bits per heavy atom. The van der Waals surface area contributed by atoms with Crippen LogP contribution in [0.3, 0.4) is 0 Å². The predicted molar refractivity (Wildman–Crippen MR) is 123 cm³/mol. The number of para-hydroxylation sites is 1. The number of benzene rings is 2. The largest absolute Gasteiger partial charge is 0.321 e. The first-order valence-corrected chi connectivity index (χ1v) is 10.6. The Kier molecular flexibility index (Phi) is 5.40. The van der Waals surface area contributed by atoms with E-state index in [9.17, 15) is 9.59 Å². The lowest BCUT2D eigenvalue weighted by Crippen LogP contribution is -2.24. The number of carbonyl (C=O) groups excluding carboxylic acids is 1. The standard InChI is InChI=1S/C24H20N4O2S/c1-14-7-4-5-10-19(14)27-22(29)21-15(2)20-23(31-21)26-16(3)28(24(20)30)13-18-9-6-8-17(11-18)12-25/h4-11H,13H2,1-3H3,(H,27,29). The van der Waals surface area contributed by atoms with Crippen LogP contribution in [-0.2, 0) is 6.54 Å². The number of carbonyl (C=O) groups is 1. The fourth-order valence-corrected chi connectivity index (χ4v) is 4.65. The summed E-state index contributed by atoms with van der Waals surface area (Å²) < 4.78 is 1.58. The van der Waals surface area contributed by atoms with Crippen LogP contribution in [-0.4, -0.2) is 15.5 Å². The topological polar surface area (TPSA) is 87.8 Å². The number of nitrogens with zero attached hydrogens (tertiary/aromatic N) is 3. The van der Waals surface area contributed by atoms with Gasteiger partial charge in [-0.1, -0.05) is 30.3 Å². The van der Waals surface area contributed by atoms with E-state index in [0.29, 0.717) is 38.6 Å². The van der Waals surface area contributed by atoms with Crippen molar-refractivity contribution in [3.63, 3.8) is 0 Å². The van der Waals surface area contributed by atoms with Crippen LogP contribution >= 0.6 is 11.3 Å². The molecule has 0 saturated carbocycles. The van der Waals surface area contributed by atoms with Crippen molar-refractivity contribution in [1.82, 2.24) is 9.55 Å². The molecule has 0 unspecified atom stereocenters. The minimum absolute atomic E-state index is 0.187.